The van der Waals surface area contributed by atoms with Crippen LogP contribution in [0, 0.1) is 6.92 Å². The first-order chi connectivity index (χ1) is 8.45. The van der Waals surface area contributed by atoms with Crippen molar-refractivity contribution in [2.45, 2.75) is 31.8 Å². The number of nitrogens with two attached hydrogens (primary N) is 1. The standard InChI is InChI=1S/C10H15N3O5/c1-5-3-12(10(17)13(11)9(5)16)8-2-6(15)7(4-14)18-8/h3,6-8,14-15H,2,4,11H2,1H3/t6?,7-,8-/m1/s1. The van der Waals surface area contributed by atoms with Crippen LogP contribution >= 0.6 is 0 Å². The van der Waals surface area contributed by atoms with Crippen LogP contribution < -0.4 is 17.1 Å². The zero-order valence-electron chi connectivity index (χ0n) is 9.81. The molecule has 1 aliphatic heterocycles. The Hall–Kier alpha value is -1.64. The molecule has 0 saturated carbocycles. The van der Waals surface area contributed by atoms with Crippen molar-refractivity contribution in [3.63, 3.8) is 0 Å². The van der Waals surface area contributed by atoms with Gasteiger partial charge in [0.15, 0.2) is 0 Å². The van der Waals surface area contributed by atoms with Crippen LogP contribution in [0.25, 0.3) is 0 Å². The second-order valence-corrected chi connectivity index (χ2v) is 4.29. The molecular formula is C10H15N3O5. The van der Waals surface area contributed by atoms with Crippen LogP contribution in [0.4, 0.5) is 0 Å². The summed E-state index contributed by atoms with van der Waals surface area (Å²) < 4.78 is 6.98. The number of nitrogen functional groups attached to an aromatic ring is 1. The Bertz CT molecular complexity index is 564. The van der Waals surface area contributed by atoms with Crippen LogP contribution in [0.3, 0.4) is 0 Å². The second kappa shape index (κ2) is 4.56. The largest absolute Gasteiger partial charge is 0.394 e. The van der Waals surface area contributed by atoms with Crippen molar-refractivity contribution in [2.24, 2.45) is 0 Å². The zero-order chi connectivity index (χ0) is 13.4. The average molecular weight is 257 g/mol. The molecule has 1 aromatic heterocycles. The number of aliphatic hydroxyl groups is 2. The molecule has 0 radical (unpaired) electrons. The summed E-state index contributed by atoms with van der Waals surface area (Å²) in [5.74, 6) is 5.36. The van der Waals surface area contributed by atoms with Crippen molar-refractivity contribution >= 4 is 0 Å². The lowest BCUT2D eigenvalue weighted by Crippen LogP contribution is -2.46. The van der Waals surface area contributed by atoms with E-state index in [9.17, 15) is 14.7 Å². The minimum absolute atomic E-state index is 0.156. The van der Waals surface area contributed by atoms with Crippen molar-refractivity contribution in [3.8, 4) is 0 Å². The minimum atomic E-state index is -0.856. The van der Waals surface area contributed by atoms with Gasteiger partial charge in [0.2, 0.25) is 0 Å². The molecule has 1 fully saturated rings. The monoisotopic (exact) mass is 257 g/mol. The van der Waals surface area contributed by atoms with Gasteiger partial charge in [0.25, 0.3) is 5.56 Å². The summed E-state index contributed by atoms with van der Waals surface area (Å²) in [6.07, 6.45) is -0.835. The Morgan fingerprint density at radius 1 is 1.56 bits per heavy atom. The van der Waals surface area contributed by atoms with Crippen LogP contribution in [0.1, 0.15) is 18.2 Å². The maximum absolute atomic E-state index is 11.8. The first-order valence-corrected chi connectivity index (χ1v) is 5.50. The van der Waals surface area contributed by atoms with Crippen LogP contribution in [-0.2, 0) is 4.74 Å². The van der Waals surface area contributed by atoms with E-state index < -0.39 is 29.7 Å². The molecule has 4 N–H and O–H groups in total. The number of nitrogens with zero attached hydrogens (tertiary/aromatic N) is 2. The van der Waals surface area contributed by atoms with E-state index in [1.165, 1.54) is 13.1 Å². The van der Waals surface area contributed by atoms with Crippen molar-refractivity contribution in [2.75, 3.05) is 12.4 Å². The lowest BCUT2D eigenvalue weighted by Gasteiger charge is -2.15. The summed E-state index contributed by atoms with van der Waals surface area (Å²) in [6, 6.07) is 0. The predicted octanol–water partition coefficient (Wildman–Crippen LogP) is -2.33. The molecule has 8 nitrogen and oxygen atoms in total. The number of rotatable bonds is 2. The lowest BCUT2D eigenvalue weighted by atomic mass is 10.2. The number of aryl methyl sites for hydroxylation is 1. The molecule has 0 spiro atoms. The van der Waals surface area contributed by atoms with Gasteiger partial charge in [0.1, 0.15) is 12.3 Å². The van der Waals surface area contributed by atoms with Gasteiger partial charge in [-0.05, 0) is 6.92 Å². The molecule has 8 heteroatoms. The van der Waals surface area contributed by atoms with Crippen LogP contribution in [0.2, 0.25) is 0 Å². The number of hydrogen-bond acceptors (Lipinski definition) is 6. The first kappa shape index (κ1) is 12.8. The van der Waals surface area contributed by atoms with Crippen LogP contribution in [0.15, 0.2) is 15.8 Å². The van der Waals surface area contributed by atoms with Gasteiger partial charge in [-0.3, -0.25) is 9.36 Å². The Balaban J connectivity index is 2.42. The Morgan fingerprint density at radius 3 is 2.78 bits per heavy atom. The van der Waals surface area contributed by atoms with Gasteiger partial charge in [-0.15, -0.1) is 0 Å². The third-order valence-electron chi connectivity index (χ3n) is 3.01. The maximum atomic E-state index is 11.8. The number of aromatic nitrogens is 2. The molecule has 1 saturated heterocycles. The highest BCUT2D eigenvalue weighted by Gasteiger charge is 2.35. The molecule has 0 aromatic carbocycles. The fraction of sp³-hybridized carbons (Fsp3) is 0.600. The quantitative estimate of drug-likeness (QED) is 0.511. The zero-order valence-corrected chi connectivity index (χ0v) is 9.81. The lowest BCUT2D eigenvalue weighted by molar-refractivity contribution is -0.0462. The molecule has 2 rings (SSSR count). The first-order valence-electron chi connectivity index (χ1n) is 5.50. The van der Waals surface area contributed by atoms with E-state index in [4.69, 9.17) is 15.7 Å². The van der Waals surface area contributed by atoms with Crippen molar-refractivity contribution < 1.29 is 14.9 Å². The normalized spacial score (nSPS) is 27.6. The number of hydrogen-bond donors (Lipinski definition) is 3. The van der Waals surface area contributed by atoms with Crippen LogP contribution in [-0.4, -0.2) is 38.3 Å². The SMILES string of the molecule is Cc1cn([C@H]2CC(O)[C@@H](CO)O2)c(=O)n(N)c1=O. The highest BCUT2D eigenvalue weighted by Crippen LogP contribution is 2.27. The molecule has 1 aliphatic rings. The highest BCUT2D eigenvalue weighted by molar-refractivity contribution is 5.03. The molecule has 0 aliphatic carbocycles. The van der Waals surface area contributed by atoms with E-state index in [1.807, 2.05) is 0 Å². The Kier molecular flexibility index (Phi) is 3.24. The van der Waals surface area contributed by atoms with Crippen LogP contribution in [0.5, 0.6) is 0 Å². The van der Waals surface area contributed by atoms with Gasteiger partial charge < -0.3 is 20.8 Å². The summed E-state index contributed by atoms with van der Waals surface area (Å²) in [6.45, 7) is 1.18. The van der Waals surface area contributed by atoms with Gasteiger partial charge >= 0.3 is 5.69 Å². The van der Waals surface area contributed by atoms with E-state index in [0.29, 0.717) is 10.2 Å². The van der Waals surface area contributed by atoms with Gasteiger partial charge in [0, 0.05) is 18.2 Å². The second-order valence-electron chi connectivity index (χ2n) is 4.29. The molecule has 1 unspecified atom stereocenters. The Morgan fingerprint density at radius 2 is 2.22 bits per heavy atom. The average Bonchev–Trinajstić information content (AvgIpc) is 2.72. The molecule has 18 heavy (non-hydrogen) atoms. The summed E-state index contributed by atoms with van der Waals surface area (Å²) in [7, 11) is 0. The summed E-state index contributed by atoms with van der Waals surface area (Å²) in [5.41, 5.74) is -1.00. The minimum Gasteiger partial charge on any atom is -0.394 e. The van der Waals surface area contributed by atoms with Crippen molar-refractivity contribution in [3.05, 3.63) is 32.6 Å². The number of ether oxygens (including phenoxy) is 1. The van der Waals surface area contributed by atoms with Gasteiger partial charge in [-0.2, -0.15) is 4.68 Å². The summed E-state index contributed by atoms with van der Waals surface area (Å²) >= 11 is 0. The predicted molar refractivity (Wildman–Crippen MR) is 61.5 cm³/mol. The topological polar surface area (TPSA) is 120 Å². The number of aliphatic hydroxyl groups excluding tert-OH is 2. The van der Waals surface area contributed by atoms with Crippen molar-refractivity contribution in [1.82, 2.24) is 9.24 Å². The van der Waals surface area contributed by atoms with E-state index in [-0.39, 0.29) is 13.0 Å². The summed E-state index contributed by atoms with van der Waals surface area (Å²) in [5, 5.41) is 18.6. The third kappa shape index (κ3) is 1.94. The molecule has 0 amide bonds. The van der Waals surface area contributed by atoms with Gasteiger partial charge in [-0.1, -0.05) is 0 Å². The molecule has 2 heterocycles. The Labute approximate surface area is 102 Å². The van der Waals surface area contributed by atoms with E-state index >= 15 is 0 Å². The fourth-order valence-electron chi connectivity index (χ4n) is 1.98. The highest BCUT2D eigenvalue weighted by atomic mass is 16.5. The van der Waals surface area contributed by atoms with Gasteiger partial charge in [0.05, 0.1) is 12.7 Å². The smallest absolute Gasteiger partial charge is 0.351 e. The fourth-order valence-corrected chi connectivity index (χ4v) is 1.98. The van der Waals surface area contributed by atoms with Crippen molar-refractivity contribution in [1.29, 1.82) is 0 Å². The van der Waals surface area contributed by atoms with E-state index in [0.717, 1.165) is 4.57 Å². The summed E-state index contributed by atoms with van der Waals surface area (Å²) in [4.78, 5) is 23.2. The van der Waals surface area contributed by atoms with E-state index in [2.05, 4.69) is 0 Å². The molecule has 1 aromatic rings. The maximum Gasteiger partial charge on any atom is 0.351 e. The van der Waals surface area contributed by atoms with Gasteiger partial charge in [-0.25, -0.2) is 4.79 Å². The molecule has 0 bridgehead atoms. The van der Waals surface area contributed by atoms with E-state index in [1.54, 1.807) is 0 Å². The molecular weight excluding hydrogens is 242 g/mol. The third-order valence-corrected chi connectivity index (χ3v) is 3.01. The molecule has 3 atom stereocenters. The molecule has 100 valence electrons.